The molecule has 0 aliphatic carbocycles. The van der Waals surface area contributed by atoms with Crippen molar-refractivity contribution >= 4 is 11.9 Å². The first-order chi connectivity index (χ1) is 6.61. The van der Waals surface area contributed by atoms with Gasteiger partial charge in [0.2, 0.25) is 0 Å². The van der Waals surface area contributed by atoms with Crippen molar-refractivity contribution < 1.29 is 32.6 Å². The molecule has 0 saturated heterocycles. The molecule has 0 saturated carbocycles. The third kappa shape index (κ3) is 12.7. The van der Waals surface area contributed by atoms with E-state index in [4.69, 9.17) is 14.6 Å². The van der Waals surface area contributed by atoms with E-state index >= 15 is 0 Å². The number of rotatable bonds is 2. The summed E-state index contributed by atoms with van der Waals surface area (Å²) >= 11 is 0. The van der Waals surface area contributed by atoms with Gasteiger partial charge < -0.3 is 9.84 Å². The molecule has 0 aromatic rings. The number of halogens is 3. The molecule has 4 nitrogen and oxygen atoms in total. The van der Waals surface area contributed by atoms with Crippen LogP contribution in [-0.2, 0) is 14.3 Å². The molecule has 1 N–H and O–H groups in total. The molecule has 0 rings (SSSR count). The van der Waals surface area contributed by atoms with Crippen molar-refractivity contribution in [2.45, 2.75) is 39.5 Å². The quantitative estimate of drug-likeness (QED) is 0.737. The summed E-state index contributed by atoms with van der Waals surface area (Å²) in [5, 5.41) is 7.12. The van der Waals surface area contributed by atoms with Crippen LogP contribution in [0.4, 0.5) is 13.2 Å². The molecule has 0 aliphatic rings. The lowest BCUT2D eigenvalue weighted by Crippen LogP contribution is -2.21. The van der Waals surface area contributed by atoms with Gasteiger partial charge in [0.25, 0.3) is 0 Å². The summed E-state index contributed by atoms with van der Waals surface area (Å²) in [6.07, 6.45) is -4.58. The zero-order valence-electron chi connectivity index (χ0n) is 8.59. The van der Waals surface area contributed by atoms with Crippen LogP contribution in [0.1, 0.15) is 27.2 Å². The Hall–Kier alpha value is -1.27. The minimum absolute atomic E-state index is 0.0300. The Labute approximate surface area is 85.0 Å². The van der Waals surface area contributed by atoms with Crippen LogP contribution < -0.4 is 0 Å². The Morgan fingerprint density at radius 3 is 1.73 bits per heavy atom. The monoisotopic (exact) mass is 230 g/mol. The van der Waals surface area contributed by atoms with Crippen molar-refractivity contribution in [3.8, 4) is 0 Å². The third-order valence-corrected chi connectivity index (χ3v) is 0.898. The lowest BCUT2D eigenvalue weighted by molar-refractivity contribution is -0.192. The molecule has 0 unspecified atom stereocenters. The predicted octanol–water partition coefficient (Wildman–Crippen LogP) is 1.98. The highest BCUT2D eigenvalue weighted by molar-refractivity contribution is 5.73. The molecule has 0 bridgehead atoms. The van der Waals surface area contributed by atoms with Crippen molar-refractivity contribution in [2.75, 3.05) is 0 Å². The number of aliphatic carboxylic acids is 1. The van der Waals surface area contributed by atoms with Gasteiger partial charge in [0.05, 0.1) is 6.10 Å². The number of hydrogen-bond acceptors (Lipinski definition) is 3. The van der Waals surface area contributed by atoms with Gasteiger partial charge in [-0.05, 0) is 13.8 Å². The number of alkyl halides is 3. The molecule has 15 heavy (non-hydrogen) atoms. The van der Waals surface area contributed by atoms with Gasteiger partial charge in [0, 0.05) is 6.42 Å². The van der Waals surface area contributed by atoms with E-state index < -0.39 is 12.1 Å². The molecule has 0 heterocycles. The number of carboxylic acids is 1. The van der Waals surface area contributed by atoms with E-state index in [1.54, 1.807) is 6.92 Å². The van der Waals surface area contributed by atoms with E-state index in [9.17, 15) is 18.0 Å². The normalized spacial score (nSPS) is 10.3. The molecular weight excluding hydrogens is 217 g/mol. The summed E-state index contributed by atoms with van der Waals surface area (Å²) in [7, 11) is 0. The molecule has 0 spiro atoms. The van der Waals surface area contributed by atoms with Gasteiger partial charge in [-0.1, -0.05) is 6.92 Å². The molecule has 0 radical (unpaired) electrons. The first kappa shape index (κ1) is 16.2. The Kier molecular flexibility index (Phi) is 7.63. The Balaban J connectivity index is 0. The number of esters is 1. The number of ether oxygens (including phenoxy) is 1. The summed E-state index contributed by atoms with van der Waals surface area (Å²) in [4.78, 5) is 19.3. The Bertz CT molecular complexity index is 210. The predicted molar refractivity (Wildman–Crippen MR) is 45.2 cm³/mol. The SMILES string of the molecule is CCC(=O)OC(C)C.O=C(O)C(F)(F)F. The van der Waals surface area contributed by atoms with Crippen LogP contribution in [0, 0.1) is 0 Å². The molecule has 0 aliphatic heterocycles. The third-order valence-electron chi connectivity index (χ3n) is 0.898. The molecular formula is C8H13F3O4. The van der Waals surface area contributed by atoms with Crippen molar-refractivity contribution in [1.29, 1.82) is 0 Å². The molecule has 7 heteroatoms. The minimum atomic E-state index is -5.08. The van der Waals surface area contributed by atoms with Gasteiger partial charge in [0.15, 0.2) is 0 Å². The van der Waals surface area contributed by atoms with Crippen LogP contribution in [0.15, 0.2) is 0 Å². The smallest absolute Gasteiger partial charge is 0.475 e. The summed E-state index contributed by atoms with van der Waals surface area (Å²) in [6.45, 7) is 5.46. The second-order valence-corrected chi connectivity index (χ2v) is 2.70. The Morgan fingerprint density at radius 1 is 1.33 bits per heavy atom. The fourth-order valence-corrected chi connectivity index (χ4v) is 0.346. The van der Waals surface area contributed by atoms with E-state index in [1.807, 2.05) is 13.8 Å². The molecule has 90 valence electrons. The summed E-state index contributed by atoms with van der Waals surface area (Å²) in [6, 6.07) is 0. The maximum atomic E-state index is 10.6. The summed E-state index contributed by atoms with van der Waals surface area (Å²) in [5.74, 6) is -2.88. The van der Waals surface area contributed by atoms with E-state index in [2.05, 4.69) is 0 Å². The number of carbonyl (C=O) groups excluding carboxylic acids is 1. The van der Waals surface area contributed by atoms with Crippen LogP contribution in [-0.4, -0.2) is 29.3 Å². The van der Waals surface area contributed by atoms with Crippen LogP contribution in [0.3, 0.4) is 0 Å². The summed E-state index contributed by atoms with van der Waals surface area (Å²) < 4.78 is 36.5. The fourth-order valence-electron chi connectivity index (χ4n) is 0.346. The van der Waals surface area contributed by atoms with Crippen LogP contribution in [0.5, 0.6) is 0 Å². The zero-order chi connectivity index (χ0) is 12.6. The van der Waals surface area contributed by atoms with Crippen LogP contribution in [0.2, 0.25) is 0 Å². The van der Waals surface area contributed by atoms with E-state index in [0.29, 0.717) is 6.42 Å². The van der Waals surface area contributed by atoms with Gasteiger partial charge >= 0.3 is 18.1 Å². The number of carboxylic acid groups (broad SMARTS) is 1. The standard InChI is InChI=1S/C6H12O2.C2HF3O2/c1-4-6(7)8-5(2)3;3-2(4,5)1(6)7/h5H,4H2,1-3H3;(H,6,7). The van der Waals surface area contributed by atoms with E-state index in [0.717, 1.165) is 0 Å². The molecule has 0 aromatic heterocycles. The van der Waals surface area contributed by atoms with Crippen molar-refractivity contribution in [3.63, 3.8) is 0 Å². The maximum Gasteiger partial charge on any atom is 0.490 e. The number of carbonyl (C=O) groups is 2. The summed E-state index contributed by atoms with van der Waals surface area (Å²) in [5.41, 5.74) is 0. The topological polar surface area (TPSA) is 63.6 Å². The second-order valence-electron chi connectivity index (χ2n) is 2.70. The molecule has 0 aromatic carbocycles. The highest BCUT2D eigenvalue weighted by Crippen LogP contribution is 2.13. The largest absolute Gasteiger partial charge is 0.490 e. The molecule has 0 atom stereocenters. The average Bonchev–Trinajstić information content (AvgIpc) is 2.02. The van der Waals surface area contributed by atoms with Crippen LogP contribution >= 0.6 is 0 Å². The van der Waals surface area contributed by atoms with E-state index in [1.165, 1.54) is 0 Å². The van der Waals surface area contributed by atoms with Crippen molar-refractivity contribution in [1.82, 2.24) is 0 Å². The van der Waals surface area contributed by atoms with Gasteiger partial charge in [-0.15, -0.1) is 0 Å². The van der Waals surface area contributed by atoms with E-state index in [-0.39, 0.29) is 12.1 Å². The minimum Gasteiger partial charge on any atom is -0.475 e. The first-order valence-corrected chi connectivity index (χ1v) is 4.10. The van der Waals surface area contributed by atoms with Gasteiger partial charge in [-0.2, -0.15) is 13.2 Å². The van der Waals surface area contributed by atoms with Crippen molar-refractivity contribution in [3.05, 3.63) is 0 Å². The van der Waals surface area contributed by atoms with Gasteiger partial charge in [-0.3, -0.25) is 4.79 Å². The lowest BCUT2D eigenvalue weighted by atomic mass is 10.4. The average molecular weight is 230 g/mol. The zero-order valence-corrected chi connectivity index (χ0v) is 8.59. The highest BCUT2D eigenvalue weighted by atomic mass is 19.4. The second kappa shape index (κ2) is 7.08. The van der Waals surface area contributed by atoms with Crippen molar-refractivity contribution in [2.24, 2.45) is 0 Å². The Morgan fingerprint density at radius 2 is 1.67 bits per heavy atom. The van der Waals surface area contributed by atoms with Gasteiger partial charge in [-0.25, -0.2) is 4.79 Å². The molecule has 0 fully saturated rings. The van der Waals surface area contributed by atoms with Gasteiger partial charge in [0.1, 0.15) is 0 Å². The highest BCUT2D eigenvalue weighted by Gasteiger charge is 2.38. The molecule has 0 amide bonds. The number of hydrogen-bond donors (Lipinski definition) is 1. The fraction of sp³-hybridized carbons (Fsp3) is 0.750. The van der Waals surface area contributed by atoms with Crippen LogP contribution in [0.25, 0.3) is 0 Å². The maximum absolute atomic E-state index is 10.6. The first-order valence-electron chi connectivity index (χ1n) is 4.10. The lowest BCUT2D eigenvalue weighted by Gasteiger charge is -2.04.